The van der Waals surface area contributed by atoms with Crippen molar-refractivity contribution in [2.45, 2.75) is 153 Å². The van der Waals surface area contributed by atoms with E-state index in [9.17, 15) is 115 Å². The number of aliphatic hydroxyl groups excluding tert-OH is 3. The summed E-state index contributed by atoms with van der Waals surface area (Å²) in [6.07, 6.45) is -21.7. The molecule has 2 heterocycles. The predicted octanol–water partition coefficient (Wildman–Crippen LogP) is 2.77. The number of halogens is 14. The highest BCUT2D eigenvalue weighted by Crippen LogP contribution is 2.62. The molecule has 1 aliphatic rings. The van der Waals surface area contributed by atoms with E-state index in [1.807, 2.05) is 0 Å². The maximum atomic E-state index is 14.6. The Hall–Kier alpha value is -5.62. The second kappa shape index (κ2) is 23.7. The number of hydrogen-bond donors (Lipinski definition) is 3. The zero-order valence-corrected chi connectivity index (χ0v) is 40.5. The molecule has 1 aromatic heterocycles. The van der Waals surface area contributed by atoms with Gasteiger partial charge in [0.2, 0.25) is 6.35 Å². The van der Waals surface area contributed by atoms with Gasteiger partial charge in [-0.25, -0.2) is 42.6 Å². The van der Waals surface area contributed by atoms with Crippen LogP contribution in [-0.2, 0) is 57.7 Å². The van der Waals surface area contributed by atoms with Gasteiger partial charge in [-0.2, -0.15) is 61.5 Å². The maximum Gasteiger partial charge on any atom is 0.473 e. The van der Waals surface area contributed by atoms with Crippen LogP contribution in [0.25, 0.3) is 0 Å². The molecule has 0 aromatic carbocycles. The fourth-order valence-corrected chi connectivity index (χ4v) is 6.07. The largest absolute Gasteiger partial charge is 0.473 e. The quantitative estimate of drug-likeness (QED) is 0.0650. The number of imide groups is 1. The second-order valence-electron chi connectivity index (χ2n) is 18.0. The lowest BCUT2D eigenvalue weighted by atomic mass is 9.93. The number of urea groups is 2. The van der Waals surface area contributed by atoms with Crippen molar-refractivity contribution in [3.8, 4) is 0 Å². The van der Waals surface area contributed by atoms with Gasteiger partial charge in [0.15, 0.2) is 0 Å². The number of carbonyl (C=O) groups is 5. The van der Waals surface area contributed by atoms with Crippen molar-refractivity contribution in [3.05, 3.63) is 31.5 Å². The lowest BCUT2D eigenvalue weighted by Crippen LogP contribution is -2.73. The standard InChI is InChI=1S/C39H52F14N6O16/c1-21(61)20-72-23(63)9-12-55-25(65)54(11-8-22(62)71-18-15-58-28(68)57(14-17-60)29(69)59(30(58)70)16-19-73-31(2,3)4)26(66)56(27(55)67)13-10-24(64)74-38(50,51)36(46,47)34(42,43)33(40,41)35(44,45)37(48,49)39(52,53)75-32(5,6)7/h21,29,60-61,69H,8-20H2,1-7H3. The summed E-state index contributed by atoms with van der Waals surface area (Å²) in [5.41, 5.74) is -8.92. The molecule has 22 nitrogen and oxygen atoms in total. The number of nitrogens with zero attached hydrogens (tertiary/aromatic N) is 6. The summed E-state index contributed by atoms with van der Waals surface area (Å²) >= 11 is 0. The smallest absolute Gasteiger partial charge is 0.464 e. The number of esters is 3. The van der Waals surface area contributed by atoms with E-state index in [-0.39, 0.29) is 26.9 Å². The van der Waals surface area contributed by atoms with Crippen LogP contribution >= 0.6 is 0 Å². The van der Waals surface area contributed by atoms with Crippen LogP contribution in [0.3, 0.4) is 0 Å². The number of hydrogen-bond acceptors (Lipinski definition) is 16. The maximum absolute atomic E-state index is 14.6. The van der Waals surface area contributed by atoms with E-state index in [2.05, 4.69) is 14.2 Å². The van der Waals surface area contributed by atoms with Gasteiger partial charge in [0.05, 0.1) is 62.9 Å². The summed E-state index contributed by atoms with van der Waals surface area (Å²) in [4.78, 5) is 105. The Morgan fingerprint density at radius 3 is 1.32 bits per heavy atom. The summed E-state index contributed by atoms with van der Waals surface area (Å²) in [6.45, 7) is -0.495. The molecular formula is C39H52F14N6O16. The Morgan fingerprint density at radius 1 is 0.533 bits per heavy atom. The van der Waals surface area contributed by atoms with E-state index in [4.69, 9.17) is 9.47 Å². The monoisotopic (exact) mass is 1130 g/mol. The lowest BCUT2D eigenvalue weighted by Gasteiger charge is -2.44. The van der Waals surface area contributed by atoms with E-state index in [1.54, 1.807) is 20.8 Å². The molecule has 2 unspecified atom stereocenters. The summed E-state index contributed by atoms with van der Waals surface area (Å²) < 4.78 is 222. The van der Waals surface area contributed by atoms with Gasteiger partial charge < -0.3 is 39.0 Å². The normalized spacial score (nSPS) is 16.4. The van der Waals surface area contributed by atoms with Crippen molar-refractivity contribution in [1.29, 1.82) is 0 Å². The summed E-state index contributed by atoms with van der Waals surface area (Å²) in [6, 6.07) is -2.30. The molecule has 0 radical (unpaired) electrons. The minimum atomic E-state index is -8.59. The third-order valence-electron chi connectivity index (χ3n) is 9.77. The van der Waals surface area contributed by atoms with E-state index < -0.39 is 184 Å². The molecular weight excluding hydrogens is 1070 g/mol. The van der Waals surface area contributed by atoms with Crippen LogP contribution in [-0.4, -0.2) is 185 Å². The first kappa shape index (κ1) is 65.5. The Kier molecular flexibility index (Phi) is 20.7. The molecule has 0 bridgehead atoms. The fraction of sp³-hybridized carbons (Fsp3) is 0.795. The Bertz CT molecular complexity index is 2400. The van der Waals surface area contributed by atoms with E-state index >= 15 is 0 Å². The van der Waals surface area contributed by atoms with E-state index in [0.29, 0.717) is 30.6 Å². The van der Waals surface area contributed by atoms with Crippen molar-refractivity contribution in [1.82, 2.24) is 28.4 Å². The minimum Gasteiger partial charge on any atom is -0.464 e. The molecule has 4 amide bonds. The minimum absolute atomic E-state index is 0.0302. The number of ether oxygens (including phenoxy) is 5. The van der Waals surface area contributed by atoms with Gasteiger partial charge in [-0.1, -0.05) is 0 Å². The number of carbonyl (C=O) groups excluding carboxylic acids is 5. The van der Waals surface area contributed by atoms with E-state index in [0.717, 1.165) is 11.8 Å². The van der Waals surface area contributed by atoms with Crippen LogP contribution in [0.1, 0.15) is 67.7 Å². The molecule has 1 fully saturated rings. The van der Waals surface area contributed by atoms with Gasteiger partial charge in [-0.15, -0.1) is 0 Å². The Labute approximate surface area is 413 Å². The van der Waals surface area contributed by atoms with Crippen LogP contribution in [0.4, 0.5) is 71.1 Å². The van der Waals surface area contributed by atoms with Gasteiger partial charge in [-0.05, 0) is 48.5 Å². The zero-order valence-electron chi connectivity index (χ0n) is 40.5. The van der Waals surface area contributed by atoms with Crippen LogP contribution in [0.15, 0.2) is 14.4 Å². The lowest BCUT2D eigenvalue weighted by molar-refractivity contribution is -0.482. The Balaban J connectivity index is 2.44. The summed E-state index contributed by atoms with van der Waals surface area (Å²) in [7, 11) is 0. The molecule has 3 N–H and O–H groups in total. The number of alkyl halides is 14. The SMILES string of the molecule is CC(O)COC(=O)CCn1c(=O)n(CCC(=O)OCCN2C(=O)N(CCO)C(O)N(CCOC(C)(C)C)C2=O)c(=O)n(CCC(=O)OC(F)(F)C(F)(F)C(F)(F)C(F)(F)C(F)(F)C(F)(F)C(F)(F)OC(C)(C)C)c1=O. The molecule has 0 saturated carbocycles. The summed E-state index contributed by atoms with van der Waals surface area (Å²) in [5, 5.41) is 29.4. The number of β-amino-alcohol motifs (C(OH)–C–C–N with tert-alkyl or cyclic N) is 1. The first-order chi connectivity index (χ1) is 33.8. The van der Waals surface area contributed by atoms with Crippen molar-refractivity contribution in [2.24, 2.45) is 0 Å². The van der Waals surface area contributed by atoms with Crippen molar-refractivity contribution in [3.63, 3.8) is 0 Å². The molecule has 36 heteroatoms. The average molecular weight is 1130 g/mol. The van der Waals surface area contributed by atoms with Crippen molar-refractivity contribution in [2.75, 3.05) is 46.1 Å². The highest BCUT2D eigenvalue weighted by atomic mass is 19.4. The highest BCUT2D eigenvalue weighted by molar-refractivity contribution is 5.96. The highest BCUT2D eigenvalue weighted by Gasteiger charge is 2.94. The Morgan fingerprint density at radius 2 is 0.920 bits per heavy atom. The third kappa shape index (κ3) is 14.7. The van der Waals surface area contributed by atoms with Crippen molar-refractivity contribution < 1.29 is 124 Å². The van der Waals surface area contributed by atoms with Gasteiger partial charge in [-0.3, -0.25) is 24.2 Å². The predicted molar refractivity (Wildman–Crippen MR) is 218 cm³/mol. The van der Waals surface area contributed by atoms with Gasteiger partial charge in [0.25, 0.3) is 0 Å². The van der Waals surface area contributed by atoms with Crippen LogP contribution in [0.2, 0.25) is 0 Å². The molecule has 0 aliphatic carbocycles. The van der Waals surface area contributed by atoms with E-state index in [1.165, 1.54) is 0 Å². The van der Waals surface area contributed by atoms with Crippen LogP contribution in [0.5, 0.6) is 0 Å². The number of aromatic nitrogens is 3. The first-order valence-electron chi connectivity index (χ1n) is 21.6. The van der Waals surface area contributed by atoms with Gasteiger partial charge >= 0.3 is 88.9 Å². The topological polar surface area (TPSA) is 268 Å². The number of rotatable bonds is 27. The first-order valence-corrected chi connectivity index (χ1v) is 21.6. The van der Waals surface area contributed by atoms with Crippen LogP contribution < -0.4 is 17.1 Å². The second-order valence-corrected chi connectivity index (χ2v) is 18.0. The zero-order chi connectivity index (χ0) is 58.5. The van der Waals surface area contributed by atoms with Gasteiger partial charge in [0, 0.05) is 26.2 Å². The molecule has 1 aromatic rings. The average Bonchev–Trinajstić information content (AvgIpc) is 3.24. The van der Waals surface area contributed by atoms with Crippen LogP contribution in [0, 0.1) is 0 Å². The molecule has 1 saturated heterocycles. The van der Waals surface area contributed by atoms with Gasteiger partial charge in [0.1, 0.15) is 13.2 Å². The van der Waals surface area contributed by atoms with Crippen molar-refractivity contribution >= 4 is 30.0 Å². The molecule has 0 spiro atoms. The molecule has 2 atom stereocenters. The molecule has 432 valence electrons. The summed E-state index contributed by atoms with van der Waals surface area (Å²) in [5.74, 6) is -47.2. The third-order valence-corrected chi connectivity index (χ3v) is 9.77. The fourth-order valence-electron chi connectivity index (χ4n) is 6.07. The molecule has 1 aliphatic heterocycles. The molecule has 75 heavy (non-hydrogen) atoms. The number of amides is 4. The molecule has 2 rings (SSSR count). The number of aliphatic hydroxyl groups is 3.